The second-order valence-corrected chi connectivity index (χ2v) is 9.22. The van der Waals surface area contributed by atoms with Gasteiger partial charge in [-0.1, -0.05) is 36.4 Å². The number of nitrogens with one attached hydrogen (secondary N) is 1. The lowest BCUT2D eigenvalue weighted by atomic mass is 9.88. The molecule has 1 atom stereocenters. The van der Waals surface area contributed by atoms with Gasteiger partial charge >= 0.3 is 0 Å². The summed E-state index contributed by atoms with van der Waals surface area (Å²) in [5.74, 6) is -0.855. The van der Waals surface area contributed by atoms with Gasteiger partial charge in [0, 0.05) is 59.5 Å². The van der Waals surface area contributed by atoms with E-state index in [1.165, 1.54) is 0 Å². The molecule has 0 saturated carbocycles. The fourth-order valence-corrected chi connectivity index (χ4v) is 5.52. The first-order valence-electron chi connectivity index (χ1n) is 12.5. The number of hydrogen-bond donors (Lipinski definition) is 1. The highest BCUT2D eigenvalue weighted by Gasteiger charge is 2.41. The van der Waals surface area contributed by atoms with E-state index < -0.39 is 0 Å². The molecule has 2 amide bonds. The lowest BCUT2D eigenvalue weighted by Crippen LogP contribution is -2.29. The molecule has 4 heterocycles. The summed E-state index contributed by atoms with van der Waals surface area (Å²) in [6, 6.07) is 16.1. The van der Waals surface area contributed by atoms with Gasteiger partial charge in [0.25, 0.3) is 11.8 Å². The lowest BCUT2D eigenvalue weighted by Gasteiger charge is -2.20. The van der Waals surface area contributed by atoms with E-state index in [2.05, 4.69) is 26.9 Å². The fourth-order valence-electron chi connectivity index (χ4n) is 5.52. The largest absolute Gasteiger partial charge is 0.377 e. The van der Waals surface area contributed by atoms with Gasteiger partial charge in [-0.15, -0.1) is 0 Å². The van der Waals surface area contributed by atoms with Crippen LogP contribution in [0.5, 0.6) is 0 Å². The average molecular weight is 488 g/mol. The minimum Gasteiger partial charge on any atom is -0.377 e. The number of fused-ring (bicyclic) bond motifs is 12. The zero-order valence-electron chi connectivity index (χ0n) is 20.1. The maximum absolute atomic E-state index is 13.3. The van der Waals surface area contributed by atoms with Crippen molar-refractivity contribution >= 4 is 34.0 Å². The van der Waals surface area contributed by atoms with Gasteiger partial charge in [0.05, 0.1) is 45.2 Å². The first-order valence-corrected chi connectivity index (χ1v) is 12.5. The molecule has 1 aromatic heterocycles. The van der Waals surface area contributed by atoms with Crippen LogP contribution in [0.15, 0.2) is 60.3 Å². The Labute approximate surface area is 209 Å². The van der Waals surface area contributed by atoms with E-state index in [9.17, 15) is 9.59 Å². The predicted octanol–water partition coefficient (Wildman–Crippen LogP) is 2.72. The molecule has 0 spiro atoms. The summed E-state index contributed by atoms with van der Waals surface area (Å²) >= 11 is 0. The molecule has 1 unspecified atom stereocenters. The maximum atomic E-state index is 13.3. The Morgan fingerprint density at radius 1 is 0.778 bits per heavy atom. The van der Waals surface area contributed by atoms with Crippen LogP contribution in [0.3, 0.4) is 0 Å². The first-order chi connectivity index (χ1) is 17.7. The highest BCUT2D eigenvalue weighted by atomic mass is 16.5. The molecule has 3 aliphatic heterocycles. The van der Waals surface area contributed by atoms with Crippen molar-refractivity contribution in [1.29, 1.82) is 0 Å². The van der Waals surface area contributed by atoms with Gasteiger partial charge < -0.3 is 23.7 Å². The van der Waals surface area contributed by atoms with Crippen LogP contribution in [0.1, 0.15) is 17.0 Å². The molecule has 1 N–H and O–H groups in total. The van der Waals surface area contributed by atoms with Crippen LogP contribution in [-0.4, -0.2) is 69.1 Å². The van der Waals surface area contributed by atoms with Crippen LogP contribution in [-0.2, 0) is 30.3 Å². The quantitative estimate of drug-likeness (QED) is 0.491. The van der Waals surface area contributed by atoms with Gasteiger partial charge in [-0.3, -0.25) is 14.9 Å². The SMILES string of the molecule is O=C1NC(=O)C2=C1c1cn(c3ccccc13)CCOCCOCCOCCN1CC2c2ccccc21. The summed E-state index contributed by atoms with van der Waals surface area (Å²) in [6.07, 6.45) is 1.98. The van der Waals surface area contributed by atoms with Crippen LogP contribution >= 0.6 is 0 Å². The molecule has 186 valence electrons. The minimum atomic E-state index is -0.337. The van der Waals surface area contributed by atoms with Crippen molar-refractivity contribution in [1.82, 2.24) is 9.88 Å². The van der Waals surface area contributed by atoms with Gasteiger partial charge in [-0.25, -0.2) is 0 Å². The topological polar surface area (TPSA) is 82.0 Å². The Bertz CT molecular complexity index is 1340. The Morgan fingerprint density at radius 2 is 1.47 bits per heavy atom. The van der Waals surface area contributed by atoms with Crippen molar-refractivity contribution < 1.29 is 23.8 Å². The van der Waals surface area contributed by atoms with Crippen LogP contribution < -0.4 is 10.2 Å². The van der Waals surface area contributed by atoms with E-state index in [4.69, 9.17) is 14.2 Å². The number of para-hydroxylation sites is 2. The number of anilines is 1. The molecule has 3 aromatic rings. The van der Waals surface area contributed by atoms with E-state index in [1.54, 1.807) is 0 Å². The summed E-state index contributed by atoms with van der Waals surface area (Å²) in [4.78, 5) is 28.7. The number of imide groups is 1. The number of rotatable bonds is 0. The molecule has 2 aromatic carbocycles. The third-order valence-corrected chi connectivity index (χ3v) is 7.16. The Hall–Kier alpha value is -3.46. The van der Waals surface area contributed by atoms with Crippen LogP contribution in [0.4, 0.5) is 5.69 Å². The molecule has 0 radical (unpaired) electrons. The molecule has 8 nitrogen and oxygen atoms in total. The number of carbonyl (C=O) groups excluding carboxylic acids is 2. The van der Waals surface area contributed by atoms with Gasteiger partial charge in [-0.2, -0.15) is 0 Å². The number of hydrogen-bond acceptors (Lipinski definition) is 6. The molecule has 6 rings (SSSR count). The highest BCUT2D eigenvalue weighted by molar-refractivity contribution is 6.38. The fraction of sp³-hybridized carbons (Fsp3) is 0.357. The molecular weight excluding hydrogens is 458 g/mol. The lowest BCUT2D eigenvalue weighted by molar-refractivity contribution is -0.123. The average Bonchev–Trinajstić information content (AvgIpc) is 3.52. The molecule has 0 saturated heterocycles. The Morgan fingerprint density at radius 3 is 2.31 bits per heavy atom. The van der Waals surface area contributed by atoms with Crippen LogP contribution in [0.2, 0.25) is 0 Å². The number of amides is 2. The predicted molar refractivity (Wildman–Crippen MR) is 136 cm³/mol. The van der Waals surface area contributed by atoms with Crippen molar-refractivity contribution in [2.45, 2.75) is 12.5 Å². The van der Waals surface area contributed by atoms with Crippen molar-refractivity contribution in [2.75, 3.05) is 57.6 Å². The van der Waals surface area contributed by atoms with E-state index >= 15 is 0 Å². The second kappa shape index (κ2) is 9.89. The van der Waals surface area contributed by atoms with Crippen molar-refractivity contribution in [3.8, 4) is 0 Å². The molecular formula is C28H29N3O5. The van der Waals surface area contributed by atoms with Crippen molar-refractivity contribution in [3.63, 3.8) is 0 Å². The van der Waals surface area contributed by atoms with Crippen molar-refractivity contribution in [2.24, 2.45) is 0 Å². The van der Waals surface area contributed by atoms with Crippen LogP contribution in [0.25, 0.3) is 16.5 Å². The number of carbonyl (C=O) groups is 2. The number of aromatic nitrogens is 1. The van der Waals surface area contributed by atoms with Gasteiger partial charge in [0.15, 0.2) is 0 Å². The normalized spacial score (nSPS) is 21.6. The summed E-state index contributed by atoms with van der Waals surface area (Å²) in [5.41, 5.74) is 4.94. The van der Waals surface area contributed by atoms with Gasteiger partial charge in [0.2, 0.25) is 0 Å². The maximum Gasteiger partial charge on any atom is 0.259 e. The first kappa shape index (κ1) is 23.0. The second-order valence-electron chi connectivity index (χ2n) is 9.22. The summed E-state index contributed by atoms with van der Waals surface area (Å²) in [6.45, 7) is 5.05. The van der Waals surface area contributed by atoms with Gasteiger partial charge in [0.1, 0.15) is 0 Å². The third-order valence-electron chi connectivity index (χ3n) is 7.16. The van der Waals surface area contributed by atoms with E-state index in [0.29, 0.717) is 70.4 Å². The van der Waals surface area contributed by atoms with E-state index in [1.807, 2.05) is 42.6 Å². The zero-order chi connectivity index (χ0) is 24.5. The number of nitrogens with zero attached hydrogens (tertiary/aromatic N) is 2. The monoisotopic (exact) mass is 487 g/mol. The summed E-state index contributed by atoms with van der Waals surface area (Å²) in [7, 11) is 0. The smallest absolute Gasteiger partial charge is 0.259 e. The third kappa shape index (κ3) is 4.11. The molecule has 0 aliphatic carbocycles. The summed E-state index contributed by atoms with van der Waals surface area (Å²) in [5, 5.41) is 3.54. The zero-order valence-corrected chi connectivity index (χ0v) is 20.1. The van der Waals surface area contributed by atoms with Crippen LogP contribution in [0, 0.1) is 0 Å². The molecule has 8 heteroatoms. The number of benzene rings is 2. The molecule has 0 fully saturated rings. The highest BCUT2D eigenvalue weighted by Crippen LogP contribution is 2.44. The molecule has 4 bridgehead atoms. The Kier molecular flexibility index (Phi) is 6.31. The Balaban J connectivity index is 1.47. The minimum absolute atomic E-state index is 0.210. The summed E-state index contributed by atoms with van der Waals surface area (Å²) < 4.78 is 19.3. The molecule has 3 aliphatic rings. The van der Waals surface area contributed by atoms with Crippen molar-refractivity contribution in [3.05, 3.63) is 71.4 Å². The molecule has 36 heavy (non-hydrogen) atoms. The standard InChI is InChI=1S/C28H29N3O5/c32-27-25-21-17-30(23-7-3-1-5-19(21)23)9-11-34-13-15-36-16-14-35-12-10-31-18-22(26(25)28(33)29-27)20-6-2-4-8-24(20)31/h1-8,17,22H,9-16,18H2,(H,29,32,33). The van der Waals surface area contributed by atoms with E-state index in [0.717, 1.165) is 27.7 Å². The number of ether oxygens (including phenoxy) is 3. The van der Waals surface area contributed by atoms with Gasteiger partial charge in [-0.05, 0) is 17.7 Å². The van der Waals surface area contributed by atoms with E-state index in [-0.39, 0.29) is 17.7 Å².